The average molecular weight is 336 g/mol. The van der Waals surface area contributed by atoms with Gasteiger partial charge in [-0.25, -0.2) is 9.48 Å². The Labute approximate surface area is 139 Å². The fourth-order valence-electron chi connectivity index (χ4n) is 2.13. The molecule has 23 heavy (non-hydrogen) atoms. The Balaban J connectivity index is 2.13. The average Bonchev–Trinajstić information content (AvgIpc) is 2.95. The van der Waals surface area contributed by atoms with Gasteiger partial charge in [0.05, 0.1) is 17.4 Å². The largest absolute Gasteiger partial charge is 0.480 e. The van der Waals surface area contributed by atoms with Gasteiger partial charge in [0.2, 0.25) is 0 Å². The number of nitrogens with zero attached hydrogens (tertiary/aromatic N) is 2. The van der Waals surface area contributed by atoms with Crippen molar-refractivity contribution in [3.63, 3.8) is 0 Å². The molecule has 2 rings (SSSR count). The number of aromatic nitrogens is 2. The molecular formula is C16H18ClN3O3. The van der Waals surface area contributed by atoms with Crippen LogP contribution in [0, 0.1) is 5.92 Å². The van der Waals surface area contributed by atoms with Gasteiger partial charge < -0.3 is 10.4 Å². The molecule has 0 aliphatic rings. The third-order valence-electron chi connectivity index (χ3n) is 3.23. The Bertz CT molecular complexity index is 712. The molecule has 1 atom stereocenters. The van der Waals surface area contributed by atoms with Gasteiger partial charge in [-0.1, -0.05) is 31.5 Å². The summed E-state index contributed by atoms with van der Waals surface area (Å²) in [7, 11) is 0. The van der Waals surface area contributed by atoms with Crippen LogP contribution in [0.3, 0.4) is 0 Å². The van der Waals surface area contributed by atoms with Crippen molar-refractivity contribution in [3.05, 3.63) is 47.2 Å². The lowest BCUT2D eigenvalue weighted by molar-refractivity contribution is -0.139. The van der Waals surface area contributed by atoms with Crippen LogP contribution in [-0.2, 0) is 4.79 Å². The number of carbonyl (C=O) groups excluding carboxylic acids is 1. The van der Waals surface area contributed by atoms with E-state index >= 15 is 0 Å². The first kappa shape index (κ1) is 17.0. The second kappa shape index (κ2) is 7.28. The molecule has 122 valence electrons. The van der Waals surface area contributed by atoms with Crippen molar-refractivity contribution in [2.24, 2.45) is 5.92 Å². The third-order valence-corrected chi connectivity index (χ3v) is 3.46. The molecule has 0 spiro atoms. The zero-order chi connectivity index (χ0) is 17.0. The molecule has 1 aromatic carbocycles. The Kier molecular flexibility index (Phi) is 5.39. The van der Waals surface area contributed by atoms with E-state index in [1.807, 2.05) is 13.8 Å². The number of nitrogens with one attached hydrogen (secondary N) is 1. The number of hydrogen-bond acceptors (Lipinski definition) is 3. The normalized spacial score (nSPS) is 12.2. The van der Waals surface area contributed by atoms with Crippen molar-refractivity contribution in [2.45, 2.75) is 26.3 Å². The maximum Gasteiger partial charge on any atom is 0.326 e. The van der Waals surface area contributed by atoms with Crippen LogP contribution in [0.4, 0.5) is 0 Å². The van der Waals surface area contributed by atoms with E-state index in [4.69, 9.17) is 11.6 Å². The van der Waals surface area contributed by atoms with Crippen LogP contribution in [0.25, 0.3) is 5.69 Å². The maximum atomic E-state index is 12.2. The maximum absolute atomic E-state index is 12.2. The molecule has 0 bridgehead atoms. The lowest BCUT2D eigenvalue weighted by atomic mass is 10.0. The molecule has 6 nitrogen and oxygen atoms in total. The predicted octanol–water partition coefficient (Wildman–Crippen LogP) is 2.75. The highest BCUT2D eigenvalue weighted by atomic mass is 35.5. The van der Waals surface area contributed by atoms with Crippen LogP contribution >= 0.6 is 11.6 Å². The van der Waals surface area contributed by atoms with E-state index in [-0.39, 0.29) is 5.92 Å². The van der Waals surface area contributed by atoms with Gasteiger partial charge in [0.1, 0.15) is 6.04 Å². The Hall–Kier alpha value is -2.34. The van der Waals surface area contributed by atoms with Gasteiger partial charge in [-0.2, -0.15) is 5.10 Å². The minimum Gasteiger partial charge on any atom is -0.480 e. The van der Waals surface area contributed by atoms with Crippen LogP contribution in [0.2, 0.25) is 5.02 Å². The van der Waals surface area contributed by atoms with Crippen LogP contribution < -0.4 is 5.32 Å². The van der Waals surface area contributed by atoms with Gasteiger partial charge in [0.25, 0.3) is 5.91 Å². The van der Waals surface area contributed by atoms with E-state index in [9.17, 15) is 14.7 Å². The van der Waals surface area contributed by atoms with Crippen molar-refractivity contribution < 1.29 is 14.7 Å². The number of halogens is 1. The summed E-state index contributed by atoms with van der Waals surface area (Å²) in [4.78, 5) is 23.4. The van der Waals surface area contributed by atoms with Gasteiger partial charge >= 0.3 is 5.97 Å². The third kappa shape index (κ3) is 4.56. The Morgan fingerprint density at radius 1 is 1.39 bits per heavy atom. The van der Waals surface area contributed by atoms with Crippen molar-refractivity contribution in [1.82, 2.24) is 15.1 Å². The number of carboxylic acids is 1. The molecule has 2 N–H and O–H groups in total. The van der Waals surface area contributed by atoms with Crippen molar-refractivity contribution >= 4 is 23.5 Å². The second-order valence-electron chi connectivity index (χ2n) is 5.65. The molecule has 0 saturated heterocycles. The smallest absolute Gasteiger partial charge is 0.326 e. The molecule has 2 aromatic rings. The molecule has 1 heterocycles. The van der Waals surface area contributed by atoms with Gasteiger partial charge in [-0.05, 0) is 30.5 Å². The van der Waals surface area contributed by atoms with Crippen molar-refractivity contribution in [3.8, 4) is 5.69 Å². The SMILES string of the molecule is CC(C)CC(NC(=O)c1cnn(-c2cccc(Cl)c2)c1)C(=O)O. The quantitative estimate of drug-likeness (QED) is 0.850. The van der Waals surface area contributed by atoms with Crippen LogP contribution in [0.15, 0.2) is 36.7 Å². The van der Waals surface area contributed by atoms with Gasteiger partial charge in [-0.3, -0.25) is 4.79 Å². The summed E-state index contributed by atoms with van der Waals surface area (Å²) in [5, 5.41) is 16.4. The Morgan fingerprint density at radius 2 is 2.13 bits per heavy atom. The molecule has 1 unspecified atom stereocenters. The summed E-state index contributed by atoms with van der Waals surface area (Å²) >= 11 is 5.93. The minimum absolute atomic E-state index is 0.158. The molecule has 1 amide bonds. The molecule has 0 aliphatic carbocycles. The summed E-state index contributed by atoms with van der Waals surface area (Å²) in [6.45, 7) is 3.80. The molecule has 0 aliphatic heterocycles. The van der Waals surface area contributed by atoms with Crippen LogP contribution in [0.1, 0.15) is 30.6 Å². The van der Waals surface area contributed by atoms with E-state index in [1.165, 1.54) is 17.1 Å². The van der Waals surface area contributed by atoms with Crippen LogP contribution in [-0.4, -0.2) is 32.8 Å². The summed E-state index contributed by atoms with van der Waals surface area (Å²) in [6.07, 6.45) is 3.29. The van der Waals surface area contributed by atoms with E-state index in [2.05, 4.69) is 10.4 Å². The number of benzene rings is 1. The Morgan fingerprint density at radius 3 is 2.74 bits per heavy atom. The standard InChI is InChI=1S/C16H18ClN3O3/c1-10(2)6-14(16(22)23)19-15(21)11-8-18-20(9-11)13-5-3-4-12(17)7-13/h3-5,7-10,14H,6H2,1-2H3,(H,19,21)(H,22,23). The van der Waals surface area contributed by atoms with E-state index in [0.717, 1.165) is 0 Å². The zero-order valence-electron chi connectivity index (χ0n) is 12.9. The second-order valence-corrected chi connectivity index (χ2v) is 6.08. The van der Waals surface area contributed by atoms with E-state index in [0.29, 0.717) is 22.7 Å². The lowest BCUT2D eigenvalue weighted by Gasteiger charge is -2.15. The highest BCUT2D eigenvalue weighted by Gasteiger charge is 2.22. The number of aliphatic carboxylic acids is 1. The molecule has 0 fully saturated rings. The molecule has 0 radical (unpaired) electrons. The number of hydrogen-bond donors (Lipinski definition) is 2. The van der Waals surface area contributed by atoms with Crippen LogP contribution in [0.5, 0.6) is 0 Å². The number of carbonyl (C=O) groups is 2. The van der Waals surface area contributed by atoms with Crippen molar-refractivity contribution in [1.29, 1.82) is 0 Å². The zero-order valence-corrected chi connectivity index (χ0v) is 13.6. The highest BCUT2D eigenvalue weighted by Crippen LogP contribution is 2.15. The molecule has 1 aromatic heterocycles. The number of amides is 1. The van der Waals surface area contributed by atoms with E-state index < -0.39 is 17.9 Å². The fraction of sp³-hybridized carbons (Fsp3) is 0.312. The minimum atomic E-state index is -1.05. The first-order valence-electron chi connectivity index (χ1n) is 7.21. The summed E-state index contributed by atoms with van der Waals surface area (Å²) in [5.41, 5.74) is 1.01. The molecule has 7 heteroatoms. The first-order chi connectivity index (χ1) is 10.9. The monoisotopic (exact) mass is 335 g/mol. The summed E-state index contributed by atoms with van der Waals surface area (Å²) < 4.78 is 1.51. The van der Waals surface area contributed by atoms with Gasteiger partial charge in [0, 0.05) is 11.2 Å². The van der Waals surface area contributed by atoms with E-state index in [1.54, 1.807) is 24.3 Å². The van der Waals surface area contributed by atoms with Crippen molar-refractivity contribution in [2.75, 3.05) is 0 Å². The highest BCUT2D eigenvalue weighted by molar-refractivity contribution is 6.30. The summed E-state index contributed by atoms with van der Waals surface area (Å²) in [5.74, 6) is -1.36. The molecule has 0 saturated carbocycles. The predicted molar refractivity (Wildman–Crippen MR) is 86.9 cm³/mol. The number of rotatable bonds is 6. The fourth-order valence-corrected chi connectivity index (χ4v) is 2.32. The van der Waals surface area contributed by atoms with Gasteiger partial charge in [-0.15, -0.1) is 0 Å². The number of carboxylic acid groups (broad SMARTS) is 1. The van der Waals surface area contributed by atoms with Gasteiger partial charge in [0.15, 0.2) is 0 Å². The lowest BCUT2D eigenvalue weighted by Crippen LogP contribution is -2.41. The first-order valence-corrected chi connectivity index (χ1v) is 7.59. The topological polar surface area (TPSA) is 84.2 Å². The molecular weight excluding hydrogens is 318 g/mol. The summed E-state index contributed by atoms with van der Waals surface area (Å²) in [6, 6.07) is 6.12.